The first kappa shape index (κ1) is 21.9. The van der Waals surface area contributed by atoms with E-state index in [9.17, 15) is 26.7 Å². The number of aliphatic imine (C=N–C) groups is 1. The molecule has 1 saturated heterocycles. The van der Waals surface area contributed by atoms with Crippen LogP contribution in [0.15, 0.2) is 28.3 Å². The molecule has 3 aliphatic rings. The first-order chi connectivity index (χ1) is 14.7. The Labute approximate surface area is 177 Å². The predicted octanol–water partition coefficient (Wildman–Crippen LogP) is 4.17. The van der Waals surface area contributed by atoms with Crippen molar-refractivity contribution in [2.75, 3.05) is 39.3 Å². The standard InChI is InChI=1S/C22H24F5N3O/c1-2-29-8-7-16-14(12-29)11-28-20(16)21(31)30-9-5-13(6-10-30)15-3-4-17(23)19(24)18(15)22(25,26)27/h3-4,13H,2,5-12H2,1H3. The maximum atomic E-state index is 13.9. The van der Waals surface area contributed by atoms with Crippen molar-refractivity contribution in [3.05, 3.63) is 46.0 Å². The Morgan fingerprint density at radius 1 is 1.16 bits per heavy atom. The summed E-state index contributed by atoms with van der Waals surface area (Å²) in [6.45, 7) is 5.75. The van der Waals surface area contributed by atoms with E-state index in [0.29, 0.717) is 12.3 Å². The number of hydrogen-bond acceptors (Lipinski definition) is 3. The van der Waals surface area contributed by atoms with Crippen LogP contribution in [0.2, 0.25) is 0 Å². The second-order valence-electron chi connectivity index (χ2n) is 8.26. The molecule has 0 N–H and O–H groups in total. The Hall–Kier alpha value is -2.29. The minimum atomic E-state index is -4.98. The highest BCUT2D eigenvalue weighted by Crippen LogP contribution is 2.41. The maximum absolute atomic E-state index is 13.9. The van der Waals surface area contributed by atoms with Crippen LogP contribution >= 0.6 is 0 Å². The summed E-state index contributed by atoms with van der Waals surface area (Å²) in [6.07, 6.45) is -3.71. The Morgan fingerprint density at radius 2 is 1.87 bits per heavy atom. The molecule has 1 aromatic carbocycles. The zero-order chi connectivity index (χ0) is 22.3. The summed E-state index contributed by atoms with van der Waals surface area (Å²) in [7, 11) is 0. The number of piperidine rings is 1. The van der Waals surface area contributed by atoms with E-state index < -0.39 is 29.3 Å². The van der Waals surface area contributed by atoms with Gasteiger partial charge >= 0.3 is 6.18 Å². The quantitative estimate of drug-likeness (QED) is 0.661. The van der Waals surface area contributed by atoms with Crippen LogP contribution in [0, 0.1) is 11.6 Å². The van der Waals surface area contributed by atoms with Crippen molar-refractivity contribution < 1.29 is 26.7 Å². The summed E-state index contributed by atoms with van der Waals surface area (Å²) < 4.78 is 67.5. The number of nitrogens with zero attached hydrogens (tertiary/aromatic N) is 3. The third-order valence-corrected chi connectivity index (χ3v) is 6.52. The predicted molar refractivity (Wildman–Crippen MR) is 106 cm³/mol. The van der Waals surface area contributed by atoms with Crippen molar-refractivity contribution in [1.29, 1.82) is 0 Å². The molecule has 0 unspecified atom stereocenters. The number of rotatable bonds is 3. The van der Waals surface area contributed by atoms with Gasteiger partial charge in [-0.3, -0.25) is 14.7 Å². The fourth-order valence-electron chi connectivity index (χ4n) is 4.80. The van der Waals surface area contributed by atoms with Crippen molar-refractivity contribution in [2.24, 2.45) is 4.99 Å². The molecule has 3 heterocycles. The van der Waals surface area contributed by atoms with Gasteiger partial charge in [0.1, 0.15) is 5.71 Å². The van der Waals surface area contributed by atoms with Gasteiger partial charge in [-0.05, 0) is 54.5 Å². The lowest BCUT2D eigenvalue weighted by Gasteiger charge is -2.34. The average molecular weight is 441 g/mol. The van der Waals surface area contributed by atoms with Crippen LogP contribution in [-0.4, -0.2) is 60.7 Å². The van der Waals surface area contributed by atoms with Crippen LogP contribution in [0.1, 0.15) is 43.2 Å². The van der Waals surface area contributed by atoms with Gasteiger partial charge in [-0.15, -0.1) is 0 Å². The number of carbonyl (C=O) groups excluding carboxylic acids is 1. The number of halogens is 5. The summed E-state index contributed by atoms with van der Waals surface area (Å²) in [6, 6.07) is 1.75. The molecule has 0 radical (unpaired) electrons. The van der Waals surface area contributed by atoms with Crippen LogP contribution in [0.5, 0.6) is 0 Å². The van der Waals surface area contributed by atoms with Crippen molar-refractivity contribution in [3.8, 4) is 0 Å². The maximum Gasteiger partial charge on any atom is 0.419 e. The zero-order valence-electron chi connectivity index (χ0n) is 17.2. The highest BCUT2D eigenvalue weighted by atomic mass is 19.4. The van der Waals surface area contributed by atoms with Gasteiger partial charge in [-0.2, -0.15) is 13.2 Å². The molecule has 0 aromatic heterocycles. The van der Waals surface area contributed by atoms with Gasteiger partial charge in [0.2, 0.25) is 0 Å². The van der Waals surface area contributed by atoms with Gasteiger partial charge in [0, 0.05) is 26.2 Å². The number of alkyl halides is 3. The molecule has 1 aromatic rings. The monoisotopic (exact) mass is 441 g/mol. The molecule has 9 heteroatoms. The number of likely N-dealkylation sites (tertiary alicyclic amines) is 1. The van der Waals surface area contributed by atoms with E-state index >= 15 is 0 Å². The van der Waals surface area contributed by atoms with Crippen molar-refractivity contribution in [1.82, 2.24) is 9.80 Å². The smallest absolute Gasteiger partial charge is 0.337 e. The fourth-order valence-corrected chi connectivity index (χ4v) is 4.80. The summed E-state index contributed by atoms with van der Waals surface area (Å²) in [5.74, 6) is -4.15. The molecular weight excluding hydrogens is 417 g/mol. The summed E-state index contributed by atoms with van der Waals surface area (Å²) in [5, 5.41) is 0. The minimum Gasteiger partial charge on any atom is -0.337 e. The summed E-state index contributed by atoms with van der Waals surface area (Å²) in [5.41, 5.74) is 0.885. The van der Waals surface area contributed by atoms with Crippen LogP contribution in [0.25, 0.3) is 0 Å². The first-order valence-electron chi connectivity index (χ1n) is 10.5. The van der Waals surface area contributed by atoms with Crippen LogP contribution in [0.4, 0.5) is 22.0 Å². The minimum absolute atomic E-state index is 0.185. The lowest BCUT2D eigenvalue weighted by atomic mass is 9.85. The molecular formula is C22H24F5N3O. The van der Waals surface area contributed by atoms with Crippen LogP contribution < -0.4 is 0 Å². The number of likely N-dealkylation sites (N-methyl/N-ethyl adjacent to an activating group) is 1. The van der Waals surface area contributed by atoms with E-state index in [1.165, 1.54) is 5.57 Å². The van der Waals surface area contributed by atoms with Gasteiger partial charge < -0.3 is 4.90 Å². The van der Waals surface area contributed by atoms with Crippen LogP contribution in [-0.2, 0) is 11.0 Å². The summed E-state index contributed by atoms with van der Waals surface area (Å²) in [4.78, 5) is 21.4. The average Bonchev–Trinajstić information content (AvgIpc) is 3.17. The molecule has 31 heavy (non-hydrogen) atoms. The number of benzene rings is 1. The Kier molecular flexibility index (Phi) is 5.89. The largest absolute Gasteiger partial charge is 0.419 e. The Morgan fingerprint density at radius 3 is 2.52 bits per heavy atom. The molecule has 168 valence electrons. The Bertz CT molecular complexity index is 945. The lowest BCUT2D eigenvalue weighted by Crippen LogP contribution is -2.43. The Balaban J connectivity index is 1.46. The molecule has 0 saturated carbocycles. The number of hydrogen-bond donors (Lipinski definition) is 0. The molecule has 0 aliphatic carbocycles. The molecule has 4 rings (SSSR count). The van der Waals surface area contributed by atoms with E-state index in [4.69, 9.17) is 0 Å². The van der Waals surface area contributed by atoms with Crippen molar-refractivity contribution in [2.45, 2.75) is 38.3 Å². The molecule has 0 bridgehead atoms. The molecule has 4 nitrogen and oxygen atoms in total. The van der Waals surface area contributed by atoms with E-state index in [1.54, 1.807) is 4.90 Å². The third kappa shape index (κ3) is 4.12. The van der Waals surface area contributed by atoms with E-state index in [0.717, 1.165) is 43.8 Å². The van der Waals surface area contributed by atoms with Crippen LogP contribution in [0.3, 0.4) is 0 Å². The lowest BCUT2D eigenvalue weighted by molar-refractivity contribution is -0.141. The van der Waals surface area contributed by atoms with Crippen molar-refractivity contribution >= 4 is 11.6 Å². The second-order valence-corrected chi connectivity index (χ2v) is 8.26. The number of amides is 1. The zero-order valence-corrected chi connectivity index (χ0v) is 17.2. The van der Waals surface area contributed by atoms with Gasteiger partial charge in [0.05, 0.1) is 12.1 Å². The highest BCUT2D eigenvalue weighted by Gasteiger charge is 2.41. The van der Waals surface area contributed by atoms with Gasteiger partial charge in [-0.25, -0.2) is 8.78 Å². The van der Waals surface area contributed by atoms with Gasteiger partial charge in [0.15, 0.2) is 11.6 Å². The van der Waals surface area contributed by atoms with E-state index in [1.807, 2.05) is 0 Å². The van der Waals surface area contributed by atoms with E-state index in [-0.39, 0.29) is 37.4 Å². The normalized spacial score (nSPS) is 20.8. The molecule has 0 spiro atoms. The summed E-state index contributed by atoms with van der Waals surface area (Å²) >= 11 is 0. The molecule has 1 amide bonds. The molecule has 3 aliphatic heterocycles. The van der Waals surface area contributed by atoms with Crippen molar-refractivity contribution in [3.63, 3.8) is 0 Å². The SMILES string of the molecule is CCN1CCC2=C(CN=C2C(=O)N2CCC(c3ccc(F)c(F)c3C(F)(F)F)CC2)C1. The topological polar surface area (TPSA) is 35.9 Å². The van der Waals surface area contributed by atoms with E-state index in [2.05, 4.69) is 16.8 Å². The fraction of sp³-hybridized carbons (Fsp3) is 0.545. The van der Waals surface area contributed by atoms with Gasteiger partial charge in [-0.1, -0.05) is 13.0 Å². The highest BCUT2D eigenvalue weighted by molar-refractivity contribution is 6.46. The number of carbonyl (C=O) groups is 1. The molecule has 1 fully saturated rings. The first-order valence-corrected chi connectivity index (χ1v) is 10.5. The third-order valence-electron chi connectivity index (χ3n) is 6.52. The second kappa shape index (κ2) is 8.33. The molecule has 0 atom stereocenters. The van der Waals surface area contributed by atoms with Gasteiger partial charge in [0.25, 0.3) is 5.91 Å².